The van der Waals surface area contributed by atoms with Crippen LogP contribution in [-0.2, 0) is 5.41 Å². The molecular formula is C49H32N2O2. The molecule has 3 aromatic heterocycles. The van der Waals surface area contributed by atoms with Gasteiger partial charge in [0, 0.05) is 43.8 Å². The van der Waals surface area contributed by atoms with Crippen molar-refractivity contribution in [2.75, 3.05) is 0 Å². The molecule has 0 saturated carbocycles. The third kappa shape index (κ3) is 4.62. The maximum absolute atomic E-state index is 6.36. The Balaban J connectivity index is 1.10. The van der Waals surface area contributed by atoms with Crippen LogP contribution >= 0.6 is 0 Å². The highest BCUT2D eigenvalue weighted by Crippen LogP contribution is 2.52. The van der Waals surface area contributed by atoms with Crippen molar-refractivity contribution in [1.29, 1.82) is 0 Å². The van der Waals surface area contributed by atoms with E-state index in [-0.39, 0.29) is 5.41 Å². The molecule has 0 spiro atoms. The second-order valence-electron chi connectivity index (χ2n) is 14.6. The van der Waals surface area contributed by atoms with E-state index in [9.17, 15) is 0 Å². The molecule has 0 unspecified atom stereocenters. The number of furan rings is 2. The fourth-order valence-corrected chi connectivity index (χ4v) is 8.36. The van der Waals surface area contributed by atoms with E-state index in [4.69, 9.17) is 18.8 Å². The van der Waals surface area contributed by atoms with Crippen LogP contribution in [0, 0.1) is 0 Å². The van der Waals surface area contributed by atoms with Gasteiger partial charge in [-0.25, -0.2) is 9.97 Å². The average Bonchev–Trinajstić information content (AvgIpc) is 3.87. The lowest BCUT2D eigenvalue weighted by Gasteiger charge is -2.21. The van der Waals surface area contributed by atoms with Gasteiger partial charge in [-0.3, -0.25) is 0 Å². The Kier molecular flexibility index (Phi) is 6.27. The number of rotatable bonds is 4. The van der Waals surface area contributed by atoms with Gasteiger partial charge in [-0.2, -0.15) is 0 Å². The third-order valence-corrected chi connectivity index (χ3v) is 11.1. The van der Waals surface area contributed by atoms with Crippen molar-refractivity contribution in [1.82, 2.24) is 9.97 Å². The van der Waals surface area contributed by atoms with Crippen molar-refractivity contribution in [2.24, 2.45) is 0 Å². The minimum atomic E-state index is -0.120. The second-order valence-corrected chi connectivity index (χ2v) is 14.6. The van der Waals surface area contributed by atoms with Gasteiger partial charge in [0.2, 0.25) is 0 Å². The number of fused-ring (bicyclic) bond motifs is 8. The zero-order valence-corrected chi connectivity index (χ0v) is 29.2. The number of para-hydroxylation sites is 1. The first-order valence-electron chi connectivity index (χ1n) is 18.1. The van der Waals surface area contributed by atoms with Gasteiger partial charge in [0.25, 0.3) is 0 Å². The van der Waals surface area contributed by atoms with Gasteiger partial charge in [0.05, 0.1) is 11.4 Å². The standard InChI is InChI=1S/C49H32N2O2/c1-49(2)39-15-7-6-13-35(39)47-36(14-9-16-40(47)49)42-28-41(29-18-20-30(21-19-29)45-27-33-12-5-8-17-43(33)52-45)50-48(51-42)34-22-23-44-37(25-34)38-24-31-10-3-4-11-32(31)26-46(38)53-44/h3-28H,1-2H3. The zero-order chi connectivity index (χ0) is 35.3. The molecule has 0 aliphatic heterocycles. The molecule has 0 saturated heterocycles. The molecule has 53 heavy (non-hydrogen) atoms. The van der Waals surface area contributed by atoms with E-state index in [0.717, 1.165) is 77.7 Å². The topological polar surface area (TPSA) is 52.1 Å². The summed E-state index contributed by atoms with van der Waals surface area (Å²) in [6.45, 7) is 4.63. The average molecular weight is 681 g/mol. The highest BCUT2D eigenvalue weighted by Gasteiger charge is 2.36. The van der Waals surface area contributed by atoms with Gasteiger partial charge < -0.3 is 8.83 Å². The Hall–Kier alpha value is -6.78. The minimum Gasteiger partial charge on any atom is -0.456 e. The highest BCUT2D eigenvalue weighted by molar-refractivity contribution is 6.11. The smallest absolute Gasteiger partial charge is 0.160 e. The molecule has 0 bridgehead atoms. The molecule has 1 aliphatic carbocycles. The Bertz CT molecular complexity index is 3060. The normalized spacial score (nSPS) is 13.2. The predicted octanol–water partition coefficient (Wildman–Crippen LogP) is 13.2. The minimum absolute atomic E-state index is 0.120. The SMILES string of the molecule is CC1(C)c2ccccc2-c2c(-c3cc(-c4ccc(-c5cc6ccccc6o5)cc4)nc(-c4ccc5oc6cc7ccccc7cc6c5c4)n3)cccc21. The number of hydrogen-bond acceptors (Lipinski definition) is 4. The van der Waals surface area contributed by atoms with Crippen LogP contribution in [0.5, 0.6) is 0 Å². The van der Waals surface area contributed by atoms with Crippen LogP contribution in [0.4, 0.5) is 0 Å². The number of aromatic nitrogens is 2. The maximum atomic E-state index is 6.36. The third-order valence-electron chi connectivity index (χ3n) is 11.1. The van der Waals surface area contributed by atoms with Crippen molar-refractivity contribution in [3.63, 3.8) is 0 Å². The summed E-state index contributed by atoms with van der Waals surface area (Å²) >= 11 is 0. The van der Waals surface area contributed by atoms with E-state index in [2.05, 4.69) is 147 Å². The summed E-state index contributed by atoms with van der Waals surface area (Å²) in [4.78, 5) is 10.6. The molecule has 0 radical (unpaired) electrons. The summed E-state index contributed by atoms with van der Waals surface area (Å²) in [6.07, 6.45) is 0. The van der Waals surface area contributed by atoms with Crippen LogP contribution in [0.3, 0.4) is 0 Å². The van der Waals surface area contributed by atoms with Gasteiger partial charge >= 0.3 is 0 Å². The molecule has 0 fully saturated rings. The lowest BCUT2D eigenvalue weighted by Crippen LogP contribution is -2.14. The fourth-order valence-electron chi connectivity index (χ4n) is 8.36. The van der Waals surface area contributed by atoms with Crippen LogP contribution in [0.2, 0.25) is 0 Å². The van der Waals surface area contributed by atoms with Gasteiger partial charge in [-0.1, -0.05) is 123 Å². The Morgan fingerprint density at radius 3 is 1.94 bits per heavy atom. The van der Waals surface area contributed by atoms with Crippen molar-refractivity contribution in [3.05, 3.63) is 169 Å². The molecule has 3 heterocycles. The fraction of sp³-hybridized carbons (Fsp3) is 0.0612. The lowest BCUT2D eigenvalue weighted by molar-refractivity contribution is 0.631. The second kappa shape index (κ2) is 11.1. The van der Waals surface area contributed by atoms with Gasteiger partial charge in [-0.05, 0) is 81.6 Å². The molecule has 7 aromatic carbocycles. The van der Waals surface area contributed by atoms with Gasteiger partial charge in [0.1, 0.15) is 22.5 Å². The number of benzene rings is 7. The van der Waals surface area contributed by atoms with Gasteiger partial charge in [0.15, 0.2) is 5.82 Å². The lowest BCUT2D eigenvalue weighted by atomic mass is 9.82. The van der Waals surface area contributed by atoms with E-state index in [1.54, 1.807) is 0 Å². The molecule has 4 nitrogen and oxygen atoms in total. The largest absolute Gasteiger partial charge is 0.456 e. The maximum Gasteiger partial charge on any atom is 0.160 e. The van der Waals surface area contributed by atoms with E-state index in [1.807, 2.05) is 24.3 Å². The van der Waals surface area contributed by atoms with Crippen molar-refractivity contribution in [3.8, 4) is 56.4 Å². The first kappa shape index (κ1) is 29.9. The van der Waals surface area contributed by atoms with Crippen LogP contribution in [-0.4, -0.2) is 9.97 Å². The Labute approximate surface area is 306 Å². The van der Waals surface area contributed by atoms with Crippen LogP contribution < -0.4 is 0 Å². The molecule has 10 aromatic rings. The highest BCUT2D eigenvalue weighted by atomic mass is 16.3. The summed E-state index contributed by atoms with van der Waals surface area (Å²) in [6, 6.07) is 55.3. The quantitative estimate of drug-likeness (QED) is 0.186. The Morgan fingerprint density at radius 2 is 1.09 bits per heavy atom. The van der Waals surface area contributed by atoms with E-state index in [1.165, 1.54) is 27.6 Å². The van der Waals surface area contributed by atoms with E-state index in [0.29, 0.717) is 5.82 Å². The molecule has 0 atom stereocenters. The summed E-state index contributed by atoms with van der Waals surface area (Å²) in [5, 5.41) is 5.56. The molecule has 0 N–H and O–H groups in total. The Morgan fingerprint density at radius 1 is 0.434 bits per heavy atom. The predicted molar refractivity (Wildman–Crippen MR) is 216 cm³/mol. The van der Waals surface area contributed by atoms with E-state index < -0.39 is 0 Å². The molecule has 4 heteroatoms. The molecule has 11 rings (SSSR count). The van der Waals surface area contributed by atoms with Crippen LogP contribution in [0.1, 0.15) is 25.0 Å². The first-order chi connectivity index (χ1) is 26.0. The summed E-state index contributed by atoms with van der Waals surface area (Å²) in [5.74, 6) is 1.51. The molecule has 1 aliphatic rings. The zero-order valence-electron chi connectivity index (χ0n) is 29.2. The van der Waals surface area contributed by atoms with Crippen molar-refractivity contribution >= 4 is 43.7 Å². The van der Waals surface area contributed by atoms with E-state index >= 15 is 0 Å². The summed E-state index contributed by atoms with van der Waals surface area (Å²) in [7, 11) is 0. The molecule has 250 valence electrons. The number of nitrogens with zero attached hydrogens (tertiary/aromatic N) is 2. The van der Waals surface area contributed by atoms with Crippen molar-refractivity contribution < 1.29 is 8.83 Å². The van der Waals surface area contributed by atoms with Crippen molar-refractivity contribution in [2.45, 2.75) is 19.3 Å². The van der Waals surface area contributed by atoms with Crippen LogP contribution in [0.25, 0.3) is 100 Å². The monoisotopic (exact) mass is 680 g/mol. The van der Waals surface area contributed by atoms with Crippen LogP contribution in [0.15, 0.2) is 167 Å². The molecule has 0 amide bonds. The number of hydrogen-bond donors (Lipinski definition) is 0. The summed E-state index contributed by atoms with van der Waals surface area (Å²) < 4.78 is 12.6. The first-order valence-corrected chi connectivity index (χ1v) is 18.1. The summed E-state index contributed by atoms with van der Waals surface area (Å²) in [5.41, 5.74) is 13.4. The van der Waals surface area contributed by atoms with Gasteiger partial charge in [-0.15, -0.1) is 0 Å². The molecular weight excluding hydrogens is 649 g/mol.